The third-order valence-electron chi connectivity index (χ3n) is 6.14. The molecule has 202 valence electrons. The number of hydrogen-bond donors (Lipinski definition) is 1. The van der Waals surface area contributed by atoms with Gasteiger partial charge in [0, 0.05) is 40.2 Å². The molecule has 0 aliphatic carbocycles. The summed E-state index contributed by atoms with van der Waals surface area (Å²) in [6.07, 6.45) is 3.51. The highest BCUT2D eigenvalue weighted by molar-refractivity contribution is 7.88. The van der Waals surface area contributed by atoms with E-state index in [-0.39, 0.29) is 11.3 Å². The quantitative estimate of drug-likeness (QED) is 0.310. The first-order chi connectivity index (χ1) is 19.8. The van der Waals surface area contributed by atoms with Gasteiger partial charge in [0.25, 0.3) is 5.56 Å². The van der Waals surface area contributed by atoms with Crippen molar-refractivity contribution in [1.82, 2.24) is 14.7 Å². The Morgan fingerprint density at radius 2 is 1.59 bits per heavy atom. The second-order valence-corrected chi connectivity index (χ2v) is 10.6. The van der Waals surface area contributed by atoms with E-state index in [1.165, 1.54) is 0 Å². The van der Waals surface area contributed by atoms with E-state index in [0.29, 0.717) is 33.4 Å². The van der Waals surface area contributed by atoms with E-state index in [1.54, 1.807) is 65.5 Å². The van der Waals surface area contributed by atoms with Crippen molar-refractivity contribution in [3.8, 4) is 34.1 Å². The molecule has 0 radical (unpaired) electrons. The van der Waals surface area contributed by atoms with Crippen LogP contribution in [0, 0.1) is 11.3 Å². The monoisotopic (exact) mass is 561 g/mol. The topological polar surface area (TPSA) is 145 Å². The van der Waals surface area contributed by atoms with Crippen molar-refractivity contribution in [1.29, 1.82) is 5.26 Å². The van der Waals surface area contributed by atoms with Crippen molar-refractivity contribution in [2.75, 3.05) is 0 Å². The van der Waals surface area contributed by atoms with Crippen molar-refractivity contribution in [2.45, 2.75) is 5.75 Å². The first-order valence-corrected chi connectivity index (χ1v) is 14.1. The van der Waals surface area contributed by atoms with Gasteiger partial charge in [0.2, 0.25) is 10.0 Å². The van der Waals surface area contributed by atoms with Gasteiger partial charge < -0.3 is 4.52 Å². The van der Waals surface area contributed by atoms with E-state index < -0.39 is 10.0 Å². The van der Waals surface area contributed by atoms with Gasteiger partial charge in [0.05, 0.1) is 17.3 Å². The van der Waals surface area contributed by atoms with Crippen molar-refractivity contribution in [3.05, 3.63) is 137 Å². The number of pyridine rings is 2. The third-order valence-corrected chi connectivity index (χ3v) is 6.82. The highest BCUT2D eigenvalue weighted by Gasteiger charge is 2.15. The Labute approximate surface area is 235 Å². The average Bonchev–Trinajstić information content (AvgIpc) is 3.40. The maximum atomic E-state index is 13.3. The summed E-state index contributed by atoms with van der Waals surface area (Å²) in [7, 11) is -3.56. The number of nitriles is 1. The maximum Gasteiger partial charge on any atom is 0.263 e. The van der Waals surface area contributed by atoms with Gasteiger partial charge in [0.15, 0.2) is 5.58 Å². The summed E-state index contributed by atoms with van der Waals surface area (Å²) >= 11 is 0. The predicted octanol–water partition coefficient (Wildman–Crippen LogP) is 5.05. The van der Waals surface area contributed by atoms with E-state index in [0.717, 1.165) is 16.9 Å². The summed E-state index contributed by atoms with van der Waals surface area (Å²) in [5.41, 5.74) is 4.62. The van der Waals surface area contributed by atoms with Crippen molar-refractivity contribution in [3.63, 3.8) is 0 Å². The Balaban J connectivity index is 0.000000202. The smallest absolute Gasteiger partial charge is 0.263 e. The largest absolute Gasteiger partial charge is 0.356 e. The molecule has 41 heavy (non-hydrogen) atoms. The molecule has 0 atom stereocenters. The first kappa shape index (κ1) is 27.2. The van der Waals surface area contributed by atoms with Crippen LogP contribution in [0.3, 0.4) is 0 Å². The summed E-state index contributed by atoms with van der Waals surface area (Å²) in [6, 6.07) is 33.2. The van der Waals surface area contributed by atoms with Crippen LogP contribution in [0.5, 0.6) is 0 Å². The van der Waals surface area contributed by atoms with Gasteiger partial charge in [-0.2, -0.15) is 5.26 Å². The zero-order valence-corrected chi connectivity index (χ0v) is 22.4. The van der Waals surface area contributed by atoms with Gasteiger partial charge in [-0.3, -0.25) is 14.3 Å². The van der Waals surface area contributed by atoms with Crippen molar-refractivity contribution >= 4 is 21.0 Å². The van der Waals surface area contributed by atoms with Gasteiger partial charge in [-0.05, 0) is 48.5 Å². The third kappa shape index (κ3) is 6.28. The fraction of sp³-hybridized carbons (Fsp3) is 0.0323. The maximum absolute atomic E-state index is 13.3. The molecule has 0 bridgehead atoms. The molecule has 0 saturated carbocycles. The van der Waals surface area contributed by atoms with Gasteiger partial charge in [0.1, 0.15) is 11.4 Å². The zero-order chi connectivity index (χ0) is 28.8. The van der Waals surface area contributed by atoms with Crippen LogP contribution in [0.15, 0.2) is 125 Å². The number of hydrogen-bond acceptors (Lipinski definition) is 7. The van der Waals surface area contributed by atoms with Crippen LogP contribution in [0.25, 0.3) is 39.0 Å². The van der Waals surface area contributed by atoms with Crippen LogP contribution >= 0.6 is 0 Å². The molecule has 3 aromatic heterocycles. The lowest BCUT2D eigenvalue weighted by Gasteiger charge is -2.13. The van der Waals surface area contributed by atoms with Crippen LogP contribution in [0.4, 0.5) is 0 Å². The number of para-hydroxylation sites is 2. The molecule has 10 heteroatoms. The molecule has 0 unspecified atom stereocenters. The number of aromatic nitrogens is 3. The van der Waals surface area contributed by atoms with E-state index >= 15 is 0 Å². The number of primary sulfonamides is 1. The molecular weight excluding hydrogens is 538 g/mol. The molecule has 6 aromatic rings. The molecule has 6 rings (SSSR count). The van der Waals surface area contributed by atoms with Crippen LogP contribution < -0.4 is 10.7 Å². The van der Waals surface area contributed by atoms with Crippen LogP contribution in [-0.4, -0.2) is 23.1 Å². The Hall–Kier alpha value is -5.37. The molecule has 3 heterocycles. The molecule has 3 aromatic carbocycles. The Morgan fingerprint density at radius 3 is 2.32 bits per heavy atom. The Bertz CT molecular complexity index is 2030. The van der Waals surface area contributed by atoms with E-state index in [1.807, 2.05) is 54.6 Å². The van der Waals surface area contributed by atoms with E-state index in [4.69, 9.17) is 9.66 Å². The molecule has 0 aliphatic rings. The minimum absolute atomic E-state index is 0.177. The highest BCUT2D eigenvalue weighted by Crippen LogP contribution is 2.26. The summed E-state index contributed by atoms with van der Waals surface area (Å²) in [5.74, 6) is -0.302. The number of sulfonamides is 1. The average molecular weight is 562 g/mol. The Kier molecular flexibility index (Phi) is 7.83. The van der Waals surface area contributed by atoms with Crippen LogP contribution in [-0.2, 0) is 15.8 Å². The standard InChI is InChI=1S/C23H15N3O.C8H8N2O3S/c24-15-17-8-4-5-11-20(17)21-14-18(22-12-6-7-13-25-22)16-26(23(21)27)19-9-2-1-3-10-19;9-14(11,12)5-7-6-3-1-2-4-8(6)13-10-7/h1-14,16H;1-4H,5H2,(H2,9,11,12). The summed E-state index contributed by atoms with van der Waals surface area (Å²) in [4.78, 5) is 17.7. The minimum Gasteiger partial charge on any atom is -0.356 e. The van der Waals surface area contributed by atoms with Gasteiger partial charge in [-0.1, -0.05) is 59.8 Å². The van der Waals surface area contributed by atoms with E-state index in [2.05, 4.69) is 16.2 Å². The number of nitrogens with zero attached hydrogens (tertiary/aromatic N) is 4. The lowest BCUT2D eigenvalue weighted by molar-refractivity contribution is 0.448. The summed E-state index contributed by atoms with van der Waals surface area (Å²) in [6.45, 7) is 0. The van der Waals surface area contributed by atoms with Crippen molar-refractivity contribution in [2.24, 2.45) is 5.14 Å². The number of nitrogens with two attached hydrogens (primary N) is 1. The normalized spacial score (nSPS) is 10.9. The molecule has 9 nitrogen and oxygen atoms in total. The van der Waals surface area contributed by atoms with Gasteiger partial charge in [-0.25, -0.2) is 13.6 Å². The minimum atomic E-state index is -3.56. The molecule has 0 amide bonds. The van der Waals surface area contributed by atoms with Crippen LogP contribution in [0.1, 0.15) is 11.3 Å². The molecule has 0 fully saturated rings. The molecule has 0 aliphatic heterocycles. The molecule has 0 spiro atoms. The Morgan fingerprint density at radius 1 is 0.878 bits per heavy atom. The second kappa shape index (κ2) is 11.8. The zero-order valence-electron chi connectivity index (χ0n) is 21.6. The summed E-state index contributed by atoms with van der Waals surface area (Å²) in [5, 5.41) is 18.7. The molecule has 0 saturated heterocycles. The fourth-order valence-electron chi connectivity index (χ4n) is 4.28. The second-order valence-electron chi connectivity index (χ2n) is 8.96. The first-order valence-electron chi connectivity index (χ1n) is 12.4. The highest BCUT2D eigenvalue weighted by atomic mass is 32.2. The fourth-order valence-corrected chi connectivity index (χ4v) is 4.87. The van der Waals surface area contributed by atoms with Gasteiger partial charge >= 0.3 is 0 Å². The van der Waals surface area contributed by atoms with Crippen LogP contribution in [0.2, 0.25) is 0 Å². The summed E-state index contributed by atoms with van der Waals surface area (Å²) < 4.78 is 28.2. The molecule has 2 N–H and O–H groups in total. The molecular formula is C31H23N5O4S. The predicted molar refractivity (Wildman–Crippen MR) is 156 cm³/mol. The van der Waals surface area contributed by atoms with Gasteiger partial charge in [-0.15, -0.1) is 0 Å². The number of fused-ring (bicyclic) bond motifs is 1. The lowest BCUT2D eigenvalue weighted by Crippen LogP contribution is -2.20. The SMILES string of the molecule is N#Cc1ccccc1-c1cc(-c2ccccn2)cn(-c2ccccc2)c1=O.NS(=O)(=O)Cc1noc2ccccc12. The number of benzene rings is 3. The lowest BCUT2D eigenvalue weighted by atomic mass is 9.99. The van der Waals surface area contributed by atoms with Crippen molar-refractivity contribution < 1.29 is 12.9 Å². The van der Waals surface area contributed by atoms with E-state index in [9.17, 15) is 18.5 Å². The number of rotatable bonds is 5.